The first-order chi connectivity index (χ1) is 15.8. The van der Waals surface area contributed by atoms with Gasteiger partial charge >= 0.3 is 0 Å². The normalized spacial score (nSPS) is 10.8. The number of benzene rings is 3. The number of ether oxygens (including phenoxy) is 1. The third-order valence-electron chi connectivity index (χ3n) is 4.95. The minimum atomic E-state index is -0.338. The maximum Gasteiger partial charge on any atom is 0.291 e. The van der Waals surface area contributed by atoms with E-state index >= 15 is 0 Å². The van der Waals surface area contributed by atoms with Crippen molar-refractivity contribution in [1.82, 2.24) is 0 Å². The van der Waals surface area contributed by atoms with E-state index in [2.05, 4.69) is 42.5 Å². The molecule has 2 N–H and O–H groups in total. The lowest BCUT2D eigenvalue weighted by molar-refractivity contribution is -0.118. The van der Waals surface area contributed by atoms with Gasteiger partial charge in [0, 0.05) is 21.2 Å². The summed E-state index contributed by atoms with van der Waals surface area (Å²) in [5.74, 6) is 0.227. The topological polar surface area (TPSA) is 80.6 Å². The Kier molecular flexibility index (Phi) is 6.85. The number of amides is 2. The van der Waals surface area contributed by atoms with Gasteiger partial charge in [-0.2, -0.15) is 0 Å². The van der Waals surface area contributed by atoms with Crippen molar-refractivity contribution in [2.24, 2.45) is 0 Å². The molecular formula is C25H20Br2N2O4. The monoisotopic (exact) mass is 570 g/mol. The molecular weight excluding hydrogens is 552 g/mol. The molecule has 4 rings (SSSR count). The van der Waals surface area contributed by atoms with Crippen LogP contribution >= 0.6 is 31.9 Å². The second-order valence-electron chi connectivity index (χ2n) is 7.50. The lowest BCUT2D eigenvalue weighted by Crippen LogP contribution is -2.20. The number of fused-ring (bicyclic) bond motifs is 1. The summed E-state index contributed by atoms with van der Waals surface area (Å²) in [4.78, 5) is 25.0. The van der Waals surface area contributed by atoms with Gasteiger partial charge in [-0.05, 0) is 83.4 Å². The van der Waals surface area contributed by atoms with E-state index in [0.717, 1.165) is 25.5 Å². The van der Waals surface area contributed by atoms with Gasteiger partial charge in [-0.15, -0.1) is 0 Å². The maximum absolute atomic E-state index is 12.6. The smallest absolute Gasteiger partial charge is 0.291 e. The van der Waals surface area contributed by atoms with Gasteiger partial charge in [0.15, 0.2) is 12.4 Å². The lowest BCUT2D eigenvalue weighted by Gasteiger charge is -2.13. The number of hydrogen-bond donors (Lipinski definition) is 2. The van der Waals surface area contributed by atoms with Gasteiger partial charge in [-0.1, -0.05) is 34.1 Å². The molecule has 3 aromatic carbocycles. The lowest BCUT2D eigenvalue weighted by atomic mass is 10.1. The zero-order valence-electron chi connectivity index (χ0n) is 17.9. The number of carbonyl (C=O) groups is 2. The Morgan fingerprint density at radius 2 is 1.73 bits per heavy atom. The first kappa shape index (κ1) is 23.1. The Balaban J connectivity index is 1.38. The van der Waals surface area contributed by atoms with Crippen molar-refractivity contribution in [3.63, 3.8) is 0 Å². The van der Waals surface area contributed by atoms with Crippen molar-refractivity contribution in [3.8, 4) is 5.75 Å². The molecule has 0 bridgehead atoms. The van der Waals surface area contributed by atoms with Crippen LogP contribution in [0.3, 0.4) is 0 Å². The van der Waals surface area contributed by atoms with Gasteiger partial charge in [0.25, 0.3) is 11.8 Å². The van der Waals surface area contributed by atoms with Crippen LogP contribution in [0.4, 0.5) is 11.4 Å². The minimum Gasteiger partial charge on any atom is -0.482 e. The molecule has 0 aliphatic rings. The summed E-state index contributed by atoms with van der Waals surface area (Å²) in [6, 6.07) is 18.2. The molecule has 168 valence electrons. The fourth-order valence-corrected chi connectivity index (χ4v) is 4.92. The predicted octanol–water partition coefficient (Wildman–Crippen LogP) is 6.84. The summed E-state index contributed by atoms with van der Waals surface area (Å²) < 4.78 is 13.0. The van der Waals surface area contributed by atoms with E-state index in [4.69, 9.17) is 9.15 Å². The van der Waals surface area contributed by atoms with E-state index in [9.17, 15) is 9.59 Å². The van der Waals surface area contributed by atoms with E-state index in [0.29, 0.717) is 22.7 Å². The number of furan rings is 1. The number of hydrogen-bond acceptors (Lipinski definition) is 4. The highest BCUT2D eigenvalue weighted by Crippen LogP contribution is 2.32. The van der Waals surface area contributed by atoms with Crippen molar-refractivity contribution in [2.75, 3.05) is 17.2 Å². The van der Waals surface area contributed by atoms with Crippen LogP contribution in [0.1, 0.15) is 21.7 Å². The average molecular weight is 572 g/mol. The van der Waals surface area contributed by atoms with Crippen LogP contribution in [0.25, 0.3) is 11.0 Å². The van der Waals surface area contributed by atoms with Crippen LogP contribution < -0.4 is 15.4 Å². The molecule has 0 aliphatic heterocycles. The second-order valence-corrected chi connectivity index (χ2v) is 9.27. The van der Waals surface area contributed by atoms with Crippen LogP contribution in [0, 0.1) is 13.8 Å². The number of carbonyl (C=O) groups excluding carboxylic acids is 2. The highest BCUT2D eigenvalue weighted by Gasteiger charge is 2.14. The summed E-state index contributed by atoms with van der Waals surface area (Å²) in [6.07, 6.45) is 0. The number of halogens is 2. The highest BCUT2D eigenvalue weighted by atomic mass is 79.9. The molecule has 2 amide bonds. The minimum absolute atomic E-state index is 0.134. The first-order valence-corrected chi connectivity index (χ1v) is 11.7. The zero-order valence-corrected chi connectivity index (χ0v) is 21.0. The fourth-order valence-electron chi connectivity index (χ4n) is 3.37. The Labute approximate surface area is 207 Å². The van der Waals surface area contributed by atoms with E-state index in [-0.39, 0.29) is 24.2 Å². The van der Waals surface area contributed by atoms with E-state index < -0.39 is 0 Å². The quantitative estimate of drug-likeness (QED) is 0.265. The standard InChI is InChI=1S/C25H20Br2N2O4/c1-14-10-18(28-23(30)13-32-24-15(2)9-17(26)12-19(24)27)7-8-20(14)29-25(31)22-11-16-5-3-4-6-21(16)33-22/h3-12H,13H2,1-2H3,(H,28,30)(H,29,31). The Hall–Kier alpha value is -3.10. The molecule has 0 unspecified atom stereocenters. The molecule has 0 fully saturated rings. The number of aryl methyl sites for hydroxylation is 2. The summed E-state index contributed by atoms with van der Waals surface area (Å²) in [5, 5.41) is 6.53. The fraction of sp³-hybridized carbons (Fsp3) is 0.120. The largest absolute Gasteiger partial charge is 0.482 e. The van der Waals surface area contributed by atoms with Gasteiger partial charge in [-0.25, -0.2) is 0 Å². The Morgan fingerprint density at radius 3 is 2.45 bits per heavy atom. The van der Waals surface area contributed by atoms with E-state index in [1.54, 1.807) is 24.3 Å². The molecule has 0 spiro atoms. The zero-order chi connectivity index (χ0) is 23.5. The SMILES string of the molecule is Cc1cc(NC(=O)COc2c(C)cc(Br)cc2Br)ccc1NC(=O)c1cc2ccccc2o1. The predicted molar refractivity (Wildman–Crippen MR) is 136 cm³/mol. The molecule has 1 heterocycles. The van der Waals surface area contributed by atoms with Gasteiger partial charge in [0.2, 0.25) is 0 Å². The van der Waals surface area contributed by atoms with Crippen molar-refractivity contribution in [2.45, 2.75) is 13.8 Å². The highest BCUT2D eigenvalue weighted by molar-refractivity contribution is 9.11. The molecule has 33 heavy (non-hydrogen) atoms. The van der Waals surface area contributed by atoms with Crippen LogP contribution in [0.15, 0.2) is 74.0 Å². The van der Waals surface area contributed by atoms with Crippen LogP contribution in [-0.2, 0) is 4.79 Å². The third-order valence-corrected chi connectivity index (χ3v) is 6.00. The summed E-state index contributed by atoms with van der Waals surface area (Å²) in [6.45, 7) is 3.62. The molecule has 1 aromatic heterocycles. The first-order valence-electron chi connectivity index (χ1n) is 10.1. The molecule has 0 radical (unpaired) electrons. The average Bonchev–Trinajstić information content (AvgIpc) is 3.19. The number of nitrogens with one attached hydrogen (secondary N) is 2. The van der Waals surface area contributed by atoms with E-state index in [1.165, 1.54) is 0 Å². The van der Waals surface area contributed by atoms with Gasteiger partial charge in [0.05, 0.1) is 4.47 Å². The van der Waals surface area contributed by atoms with E-state index in [1.807, 2.05) is 50.2 Å². The molecule has 8 heteroatoms. The van der Waals surface area contributed by atoms with Crippen molar-refractivity contribution in [3.05, 3.63) is 86.5 Å². The number of rotatable bonds is 6. The third kappa shape index (κ3) is 5.46. The second kappa shape index (κ2) is 9.80. The van der Waals surface area contributed by atoms with Crippen LogP contribution in [0.5, 0.6) is 5.75 Å². The Bertz CT molecular complexity index is 1310. The van der Waals surface area contributed by atoms with Gasteiger partial charge in [-0.3, -0.25) is 9.59 Å². The molecule has 0 saturated carbocycles. The van der Waals surface area contributed by atoms with Crippen molar-refractivity contribution in [1.29, 1.82) is 0 Å². The van der Waals surface area contributed by atoms with Gasteiger partial charge in [0.1, 0.15) is 11.3 Å². The molecule has 0 atom stereocenters. The van der Waals surface area contributed by atoms with Crippen molar-refractivity contribution < 1.29 is 18.7 Å². The van der Waals surface area contributed by atoms with Crippen molar-refractivity contribution >= 4 is 66.0 Å². The summed E-state index contributed by atoms with van der Waals surface area (Å²) >= 11 is 6.87. The summed E-state index contributed by atoms with van der Waals surface area (Å²) in [5.41, 5.74) is 3.60. The van der Waals surface area contributed by atoms with Crippen LogP contribution in [0.2, 0.25) is 0 Å². The molecule has 0 aliphatic carbocycles. The molecule has 4 aromatic rings. The van der Waals surface area contributed by atoms with Crippen LogP contribution in [-0.4, -0.2) is 18.4 Å². The Morgan fingerprint density at radius 1 is 0.939 bits per heavy atom. The molecule has 6 nitrogen and oxygen atoms in total. The van der Waals surface area contributed by atoms with Gasteiger partial charge < -0.3 is 19.8 Å². The number of anilines is 2. The number of para-hydroxylation sites is 1. The summed E-state index contributed by atoms with van der Waals surface area (Å²) in [7, 11) is 0. The maximum atomic E-state index is 12.6. The molecule has 0 saturated heterocycles.